The van der Waals surface area contributed by atoms with Gasteiger partial charge in [0.25, 0.3) is 11.5 Å². The minimum Gasteiger partial charge on any atom is -0.497 e. The molecule has 0 aliphatic carbocycles. The number of carbonyl (C=O) groups excluding carboxylic acids is 1. The normalized spacial score (nSPS) is 15.0. The molecule has 0 unspecified atom stereocenters. The number of ether oxygens (including phenoxy) is 1. The highest BCUT2D eigenvalue weighted by atomic mass is 32.2. The van der Waals surface area contributed by atoms with Crippen molar-refractivity contribution in [3.8, 4) is 5.75 Å². The molecule has 1 aromatic carbocycles. The number of benzene rings is 1. The number of nitrogens with one attached hydrogen (secondary N) is 2. The minimum absolute atomic E-state index is 0.169. The zero-order chi connectivity index (χ0) is 26.1. The highest BCUT2D eigenvalue weighted by Gasteiger charge is 2.21. The van der Waals surface area contributed by atoms with Gasteiger partial charge in [0, 0.05) is 60.5 Å². The summed E-state index contributed by atoms with van der Waals surface area (Å²) in [5.41, 5.74) is 3.77. The molecular weight excluding hydrogens is 504 g/mol. The predicted octanol–water partition coefficient (Wildman–Crippen LogP) is 4.52. The molecule has 4 aromatic rings. The third-order valence-corrected chi connectivity index (χ3v) is 10.0. The van der Waals surface area contributed by atoms with E-state index >= 15 is 0 Å². The highest BCUT2D eigenvalue weighted by Crippen LogP contribution is 2.37. The van der Waals surface area contributed by atoms with Crippen LogP contribution in [0.4, 0.5) is 0 Å². The number of methoxy groups -OCH3 is 1. The van der Waals surface area contributed by atoms with Crippen LogP contribution in [0.3, 0.4) is 0 Å². The number of thiophene rings is 2. The number of piperidine rings is 1. The molecular formula is C28H34N4O3S2. The van der Waals surface area contributed by atoms with E-state index in [-0.39, 0.29) is 11.5 Å². The van der Waals surface area contributed by atoms with Crippen molar-refractivity contribution in [2.24, 2.45) is 0 Å². The molecule has 1 aliphatic heterocycles. The van der Waals surface area contributed by atoms with Crippen molar-refractivity contribution >= 4 is 48.9 Å². The molecule has 1 fully saturated rings. The van der Waals surface area contributed by atoms with Gasteiger partial charge < -0.3 is 24.8 Å². The maximum atomic E-state index is 13.0. The van der Waals surface area contributed by atoms with Gasteiger partial charge in [-0.1, -0.05) is 0 Å². The molecule has 1 aliphatic rings. The first-order valence-corrected chi connectivity index (χ1v) is 14.4. The second-order valence-electron chi connectivity index (χ2n) is 9.74. The van der Waals surface area contributed by atoms with Gasteiger partial charge in [-0.05, 0) is 68.4 Å². The number of hydrogen-bond donors (Lipinski definition) is 2. The van der Waals surface area contributed by atoms with Crippen LogP contribution in [0, 0.1) is 13.8 Å². The smallest absolute Gasteiger partial charge is 0.251 e. The molecule has 2 N–H and O–H groups in total. The lowest BCUT2D eigenvalue weighted by molar-refractivity contribution is 0.0964. The van der Waals surface area contributed by atoms with Crippen LogP contribution in [-0.2, 0) is 13.1 Å². The van der Waals surface area contributed by atoms with E-state index in [1.807, 2.05) is 40.9 Å². The van der Waals surface area contributed by atoms with Gasteiger partial charge in [0.1, 0.15) is 5.75 Å². The summed E-state index contributed by atoms with van der Waals surface area (Å²) in [6, 6.07) is 7.48. The molecule has 7 nitrogen and oxygen atoms in total. The van der Waals surface area contributed by atoms with Crippen molar-refractivity contribution in [1.82, 2.24) is 20.1 Å². The number of carbonyl (C=O) groups is 1. The molecule has 1 amide bonds. The Morgan fingerprint density at radius 3 is 2.65 bits per heavy atom. The molecule has 9 heteroatoms. The van der Waals surface area contributed by atoms with E-state index in [0.717, 1.165) is 49.9 Å². The van der Waals surface area contributed by atoms with Gasteiger partial charge in [-0.15, -0.1) is 22.7 Å². The Morgan fingerprint density at radius 1 is 1.16 bits per heavy atom. The molecule has 0 radical (unpaired) electrons. The fourth-order valence-electron chi connectivity index (χ4n) is 5.32. The maximum Gasteiger partial charge on any atom is 0.251 e. The molecule has 37 heavy (non-hydrogen) atoms. The molecule has 1 saturated heterocycles. The number of hydrogen-bond acceptors (Lipinski definition) is 7. The fourth-order valence-corrected chi connectivity index (χ4v) is 7.84. The quantitative estimate of drug-likeness (QED) is 0.345. The number of fused-ring (bicyclic) bond motifs is 2. The molecule has 3 aromatic heterocycles. The summed E-state index contributed by atoms with van der Waals surface area (Å²) < 4.78 is 8.60. The van der Waals surface area contributed by atoms with Crippen LogP contribution in [0.5, 0.6) is 5.75 Å². The van der Waals surface area contributed by atoms with E-state index in [1.165, 1.54) is 31.5 Å². The van der Waals surface area contributed by atoms with E-state index in [1.54, 1.807) is 18.7 Å². The molecule has 0 saturated carbocycles. The topological polar surface area (TPSA) is 75.6 Å². The van der Waals surface area contributed by atoms with Crippen molar-refractivity contribution in [3.63, 3.8) is 0 Å². The van der Waals surface area contributed by atoms with Gasteiger partial charge in [-0.25, -0.2) is 0 Å². The van der Waals surface area contributed by atoms with Crippen LogP contribution < -0.4 is 20.9 Å². The summed E-state index contributed by atoms with van der Waals surface area (Å²) >= 11 is 3.78. The summed E-state index contributed by atoms with van der Waals surface area (Å²) in [4.78, 5) is 29.3. The Balaban J connectivity index is 1.22. The number of aromatic nitrogens is 1. The van der Waals surface area contributed by atoms with Crippen LogP contribution >= 0.6 is 22.7 Å². The summed E-state index contributed by atoms with van der Waals surface area (Å²) in [6.07, 6.45) is 2.19. The molecule has 0 bridgehead atoms. The Hall–Kier alpha value is -2.72. The van der Waals surface area contributed by atoms with Crippen LogP contribution in [0.2, 0.25) is 0 Å². The van der Waals surface area contributed by atoms with Crippen LogP contribution in [0.25, 0.3) is 20.3 Å². The summed E-state index contributed by atoms with van der Waals surface area (Å²) in [6.45, 7) is 8.75. The van der Waals surface area contributed by atoms with Crippen molar-refractivity contribution in [2.45, 2.75) is 45.8 Å². The number of rotatable bonds is 8. The van der Waals surface area contributed by atoms with Crippen LogP contribution in [0.15, 0.2) is 34.4 Å². The first-order valence-electron chi connectivity index (χ1n) is 12.7. The zero-order valence-electron chi connectivity index (χ0n) is 21.8. The number of aryl methyl sites for hydroxylation is 2. The second-order valence-corrected chi connectivity index (χ2v) is 12.0. The first-order chi connectivity index (χ1) is 17.9. The third-order valence-electron chi connectivity index (χ3n) is 7.52. The van der Waals surface area contributed by atoms with Crippen molar-refractivity contribution in [3.05, 3.63) is 61.6 Å². The van der Waals surface area contributed by atoms with E-state index in [2.05, 4.69) is 34.8 Å². The minimum atomic E-state index is -0.262. The molecule has 0 spiro atoms. The lowest BCUT2D eigenvalue weighted by Gasteiger charge is -2.32. The molecule has 196 valence electrons. The average Bonchev–Trinajstić information content (AvgIpc) is 3.44. The highest BCUT2D eigenvalue weighted by molar-refractivity contribution is 7.37. The van der Waals surface area contributed by atoms with Gasteiger partial charge in [0.05, 0.1) is 22.2 Å². The predicted molar refractivity (Wildman–Crippen MR) is 154 cm³/mol. The fraction of sp³-hybridized carbons (Fsp3) is 0.429. The Morgan fingerprint density at radius 2 is 1.95 bits per heavy atom. The van der Waals surface area contributed by atoms with Crippen LogP contribution in [0.1, 0.15) is 39.2 Å². The van der Waals surface area contributed by atoms with E-state index in [4.69, 9.17) is 4.74 Å². The Kier molecular flexibility index (Phi) is 7.67. The first kappa shape index (κ1) is 25.9. The summed E-state index contributed by atoms with van der Waals surface area (Å²) in [7, 11) is 3.18. The number of nitrogens with zero attached hydrogens (tertiary/aromatic N) is 2. The Labute approximate surface area is 225 Å². The van der Waals surface area contributed by atoms with E-state index < -0.39 is 0 Å². The van der Waals surface area contributed by atoms with Gasteiger partial charge in [-0.2, -0.15) is 0 Å². The SMILES string of the molecule is CNC(=O)c1cc(=O)n(CCN2CCC(NCc3sc4scc(C)c4c3C)CC2)c2cc(OC)ccc12. The summed E-state index contributed by atoms with van der Waals surface area (Å²) in [5, 5.41) is 10.9. The lowest BCUT2D eigenvalue weighted by atomic mass is 10.0. The average molecular weight is 539 g/mol. The summed E-state index contributed by atoms with van der Waals surface area (Å²) in [5.74, 6) is 0.402. The molecule has 4 heterocycles. The monoisotopic (exact) mass is 538 g/mol. The third kappa shape index (κ3) is 5.18. The molecule has 5 rings (SSSR count). The van der Waals surface area contributed by atoms with Gasteiger partial charge in [-0.3, -0.25) is 9.59 Å². The lowest BCUT2D eigenvalue weighted by Crippen LogP contribution is -2.43. The largest absolute Gasteiger partial charge is 0.497 e. The zero-order valence-corrected chi connectivity index (χ0v) is 23.5. The molecule has 0 atom stereocenters. The standard InChI is InChI=1S/C28H34N4O3S2/c1-17-16-36-28-26(17)18(2)24(37-28)15-30-19-7-9-31(10-8-19)11-12-32-23-13-20(35-4)5-6-21(23)22(14-25(32)33)27(34)29-3/h5-6,13-14,16,19,30H,7-12,15H2,1-4H3,(H,29,34). The maximum absolute atomic E-state index is 13.0. The van der Waals surface area contributed by atoms with Crippen molar-refractivity contribution in [1.29, 1.82) is 0 Å². The second kappa shape index (κ2) is 10.9. The van der Waals surface area contributed by atoms with Gasteiger partial charge in [0.2, 0.25) is 0 Å². The van der Waals surface area contributed by atoms with Crippen molar-refractivity contribution in [2.75, 3.05) is 33.8 Å². The Bertz CT molecular complexity index is 1490. The van der Waals surface area contributed by atoms with Crippen LogP contribution in [-0.4, -0.2) is 55.2 Å². The van der Waals surface area contributed by atoms with Crippen molar-refractivity contribution < 1.29 is 9.53 Å². The van der Waals surface area contributed by atoms with E-state index in [0.29, 0.717) is 23.9 Å². The van der Waals surface area contributed by atoms with Gasteiger partial charge >= 0.3 is 0 Å². The number of amides is 1. The van der Waals surface area contributed by atoms with E-state index in [9.17, 15) is 9.59 Å². The number of likely N-dealkylation sites (tertiary alicyclic amines) is 1. The van der Waals surface area contributed by atoms with Gasteiger partial charge in [0.15, 0.2) is 0 Å². The number of pyridine rings is 1.